The molecule has 0 spiro atoms. The molecule has 0 bridgehead atoms. The number of carbonyl (C=O) groups is 1. The molecule has 12 nitrogen and oxygen atoms in total. The number of phenols is 1. The highest BCUT2D eigenvalue weighted by molar-refractivity contribution is 6.01. The Kier molecular flexibility index (Phi) is 7.73. The van der Waals surface area contributed by atoms with E-state index in [9.17, 15) is 18.7 Å². The van der Waals surface area contributed by atoms with Gasteiger partial charge < -0.3 is 19.6 Å². The molecule has 3 aliphatic heterocycles. The Morgan fingerprint density at radius 3 is 2.65 bits per heavy atom. The second kappa shape index (κ2) is 12.1. The number of rotatable bonds is 6. The summed E-state index contributed by atoms with van der Waals surface area (Å²) in [5.74, 6) is -0.968. The molecule has 2 aromatic carbocycles. The van der Waals surface area contributed by atoms with E-state index in [0.29, 0.717) is 73.1 Å². The monoisotopic (exact) mass is 673 g/mol. The summed E-state index contributed by atoms with van der Waals surface area (Å²) in [5, 5.41) is 19.8. The van der Waals surface area contributed by atoms with E-state index < -0.39 is 23.3 Å². The number of piperazine rings is 1. The Bertz CT molecular complexity index is 2070. The molecular formula is C34H34F3N9O3. The maximum atomic E-state index is 16.9. The molecule has 0 unspecified atom stereocenters. The van der Waals surface area contributed by atoms with Crippen LogP contribution < -0.4 is 9.64 Å². The van der Waals surface area contributed by atoms with E-state index in [1.54, 1.807) is 17.9 Å². The van der Waals surface area contributed by atoms with Crippen LogP contribution in [0.2, 0.25) is 0 Å². The van der Waals surface area contributed by atoms with E-state index in [2.05, 4.69) is 25.1 Å². The molecule has 15 heteroatoms. The summed E-state index contributed by atoms with van der Waals surface area (Å²) in [6, 6.07) is 5.33. The minimum Gasteiger partial charge on any atom is -0.508 e. The number of aromatic hydroxyl groups is 1. The zero-order valence-corrected chi connectivity index (χ0v) is 26.8. The largest absolute Gasteiger partial charge is 0.508 e. The number of aryl methyl sites for hydroxylation is 1. The maximum Gasteiger partial charge on any atom is 0.362 e. The number of aromatic nitrogens is 6. The van der Waals surface area contributed by atoms with Crippen molar-refractivity contribution >= 4 is 33.5 Å². The van der Waals surface area contributed by atoms with Crippen molar-refractivity contribution in [2.75, 3.05) is 50.8 Å². The summed E-state index contributed by atoms with van der Waals surface area (Å²) in [4.78, 5) is 33.3. The third kappa shape index (κ3) is 5.36. The van der Waals surface area contributed by atoms with Crippen LogP contribution >= 0.6 is 0 Å². The standard InChI is InChI=1S/C34H34F3N9O3/c1-2-23-26(36)5-4-20-14-22(47)15-24(27(20)23)29-28(37)30-25(17-38-29)31(43-10-12-44(13-11-43)33(48)46-39-7-8-40-46)42-32(41-30)49-19-34-6-3-9-45(34)18-21(35)16-34/h4-5,7-8,14-15,17,21,47H,2-3,6,9-13,16,18-19H2,1H3/t21-,34+/m1/s1. The van der Waals surface area contributed by atoms with Gasteiger partial charge >= 0.3 is 12.0 Å². The van der Waals surface area contributed by atoms with E-state index in [4.69, 9.17) is 9.72 Å². The molecule has 0 aliphatic carbocycles. The number of halogens is 3. The van der Waals surface area contributed by atoms with Gasteiger partial charge in [0.1, 0.15) is 41.4 Å². The zero-order chi connectivity index (χ0) is 33.9. The average Bonchev–Trinajstić information content (AvgIpc) is 3.84. The van der Waals surface area contributed by atoms with Crippen molar-refractivity contribution in [3.8, 4) is 23.0 Å². The van der Waals surface area contributed by atoms with E-state index in [1.165, 1.54) is 36.8 Å². The van der Waals surface area contributed by atoms with Crippen LogP contribution in [-0.4, -0.2) is 108 Å². The lowest BCUT2D eigenvalue weighted by atomic mass is 9.94. The molecule has 0 radical (unpaired) electrons. The van der Waals surface area contributed by atoms with Crippen LogP contribution in [0.15, 0.2) is 42.9 Å². The highest BCUT2D eigenvalue weighted by Crippen LogP contribution is 2.42. The second-order valence-electron chi connectivity index (χ2n) is 12.9. The van der Waals surface area contributed by atoms with Crippen LogP contribution in [-0.2, 0) is 6.42 Å². The highest BCUT2D eigenvalue weighted by Gasteiger charge is 2.49. The highest BCUT2D eigenvalue weighted by atomic mass is 19.1. The van der Waals surface area contributed by atoms with Crippen molar-refractivity contribution in [2.45, 2.75) is 44.3 Å². The minimum absolute atomic E-state index is 0.0641. The summed E-state index contributed by atoms with van der Waals surface area (Å²) in [5.41, 5.74) is -0.0444. The molecule has 5 aromatic rings. The van der Waals surface area contributed by atoms with Gasteiger partial charge in [-0.25, -0.2) is 18.0 Å². The van der Waals surface area contributed by atoms with Crippen LogP contribution in [0.3, 0.4) is 0 Å². The van der Waals surface area contributed by atoms with Crippen molar-refractivity contribution in [1.82, 2.24) is 39.7 Å². The molecule has 49 heavy (non-hydrogen) atoms. The van der Waals surface area contributed by atoms with E-state index in [0.717, 1.165) is 24.2 Å². The maximum absolute atomic E-state index is 16.9. The van der Waals surface area contributed by atoms with Crippen LogP contribution in [0.5, 0.6) is 11.8 Å². The summed E-state index contributed by atoms with van der Waals surface area (Å²) < 4.78 is 52.6. The number of hydrogen-bond acceptors (Lipinski definition) is 10. The van der Waals surface area contributed by atoms with Crippen molar-refractivity contribution in [3.05, 3.63) is 60.1 Å². The first-order chi connectivity index (χ1) is 23.7. The lowest BCUT2D eigenvalue weighted by Gasteiger charge is -2.35. The van der Waals surface area contributed by atoms with Gasteiger partial charge in [0.15, 0.2) is 5.82 Å². The number of phenolic OH excluding ortho intramolecular Hbond substituents is 1. The first kappa shape index (κ1) is 31.2. The van der Waals surface area contributed by atoms with Gasteiger partial charge in [0, 0.05) is 50.9 Å². The fourth-order valence-electron chi connectivity index (χ4n) is 7.75. The zero-order valence-electron chi connectivity index (χ0n) is 26.8. The fourth-order valence-corrected chi connectivity index (χ4v) is 7.75. The van der Waals surface area contributed by atoms with Crippen molar-refractivity contribution in [2.24, 2.45) is 0 Å². The minimum atomic E-state index is -0.950. The van der Waals surface area contributed by atoms with Gasteiger partial charge in [-0.2, -0.15) is 20.2 Å². The number of ether oxygens (including phenoxy) is 1. The molecule has 3 aromatic heterocycles. The number of amides is 1. The summed E-state index contributed by atoms with van der Waals surface area (Å²) in [6.45, 7) is 4.46. The summed E-state index contributed by atoms with van der Waals surface area (Å²) in [7, 11) is 0. The summed E-state index contributed by atoms with van der Waals surface area (Å²) in [6.07, 6.45) is 5.77. The number of hydrogen-bond donors (Lipinski definition) is 1. The predicted octanol–water partition coefficient (Wildman–Crippen LogP) is 4.73. The van der Waals surface area contributed by atoms with Gasteiger partial charge in [0.25, 0.3) is 0 Å². The first-order valence-corrected chi connectivity index (χ1v) is 16.5. The van der Waals surface area contributed by atoms with Crippen molar-refractivity contribution in [1.29, 1.82) is 0 Å². The number of benzene rings is 2. The SMILES string of the molecule is CCc1c(F)ccc2cc(O)cc(-c3ncc4c(N5CCN(C(=O)n6nccn6)CC5)nc(OC[C@@]56CCCN5C[C@H](F)C6)nc4c3F)c12. The lowest BCUT2D eigenvalue weighted by Crippen LogP contribution is -2.50. The van der Waals surface area contributed by atoms with E-state index in [-0.39, 0.29) is 41.2 Å². The molecule has 3 saturated heterocycles. The van der Waals surface area contributed by atoms with Gasteiger partial charge in [-0.1, -0.05) is 17.8 Å². The molecule has 8 rings (SSSR count). The normalized spacial score (nSPS) is 21.2. The fraction of sp³-hybridized carbons (Fsp3) is 0.412. The van der Waals surface area contributed by atoms with Crippen LogP contribution in [0.1, 0.15) is 31.7 Å². The number of nitrogens with zero attached hydrogens (tertiary/aromatic N) is 9. The van der Waals surface area contributed by atoms with Gasteiger partial charge in [-0.3, -0.25) is 9.88 Å². The Balaban J connectivity index is 1.21. The lowest BCUT2D eigenvalue weighted by molar-refractivity contribution is 0.107. The Hall–Kier alpha value is -5.05. The predicted molar refractivity (Wildman–Crippen MR) is 174 cm³/mol. The molecule has 2 atom stereocenters. The number of alkyl halides is 1. The average molecular weight is 674 g/mol. The molecular weight excluding hydrogens is 639 g/mol. The van der Waals surface area contributed by atoms with E-state index >= 15 is 4.39 Å². The molecule has 6 heterocycles. The smallest absolute Gasteiger partial charge is 0.362 e. The topological polar surface area (TPSA) is 126 Å². The third-order valence-corrected chi connectivity index (χ3v) is 10.1. The van der Waals surface area contributed by atoms with Crippen molar-refractivity contribution in [3.63, 3.8) is 0 Å². The number of carbonyl (C=O) groups excluding carboxylic acids is 1. The Morgan fingerprint density at radius 1 is 1.08 bits per heavy atom. The van der Waals surface area contributed by atoms with Gasteiger partial charge in [0.2, 0.25) is 0 Å². The molecule has 254 valence electrons. The van der Waals surface area contributed by atoms with Crippen LogP contribution in [0.25, 0.3) is 32.9 Å². The second-order valence-corrected chi connectivity index (χ2v) is 12.9. The van der Waals surface area contributed by atoms with Gasteiger partial charge in [-0.15, -0.1) is 0 Å². The van der Waals surface area contributed by atoms with Gasteiger partial charge in [0.05, 0.1) is 23.3 Å². The quantitative estimate of drug-likeness (QED) is 0.271. The number of pyridine rings is 1. The summed E-state index contributed by atoms with van der Waals surface area (Å²) >= 11 is 0. The molecule has 1 amide bonds. The molecule has 3 fully saturated rings. The van der Waals surface area contributed by atoms with Crippen LogP contribution in [0, 0.1) is 11.6 Å². The van der Waals surface area contributed by atoms with Gasteiger partial charge in [-0.05, 0) is 60.3 Å². The van der Waals surface area contributed by atoms with Crippen molar-refractivity contribution < 1.29 is 27.8 Å². The van der Waals surface area contributed by atoms with Crippen LogP contribution in [0.4, 0.5) is 23.8 Å². The molecule has 3 aliphatic rings. The van der Waals surface area contributed by atoms with E-state index in [1.807, 2.05) is 4.90 Å². The Morgan fingerprint density at radius 2 is 1.88 bits per heavy atom. The number of fused-ring (bicyclic) bond motifs is 3. The molecule has 0 saturated carbocycles. The first-order valence-electron chi connectivity index (χ1n) is 16.5. The Labute approximate surface area is 279 Å². The molecule has 1 N–H and O–H groups in total. The number of anilines is 1. The third-order valence-electron chi connectivity index (χ3n) is 10.1.